The molecule has 7 heteroatoms. The second kappa shape index (κ2) is 7.40. The number of carboxylic acid groups (broad SMARTS) is 1. The maximum absolute atomic E-state index is 11.5. The molecule has 0 aliphatic heterocycles. The van der Waals surface area contributed by atoms with Gasteiger partial charge >= 0.3 is 6.03 Å². The Morgan fingerprint density at radius 3 is 2.68 bits per heavy atom. The van der Waals surface area contributed by atoms with E-state index in [0.717, 1.165) is 13.0 Å². The summed E-state index contributed by atoms with van der Waals surface area (Å²) in [6.07, 6.45) is 5.96. The molecular weight excluding hydrogens is 248 g/mol. The van der Waals surface area contributed by atoms with Crippen LogP contribution in [0.25, 0.3) is 0 Å². The van der Waals surface area contributed by atoms with Crippen LogP contribution in [-0.4, -0.2) is 34.1 Å². The van der Waals surface area contributed by atoms with Crippen molar-refractivity contribution in [1.82, 2.24) is 20.2 Å². The summed E-state index contributed by atoms with van der Waals surface area (Å²) in [6, 6.07) is -1.47. The Bertz CT molecular complexity index is 403. The minimum absolute atomic E-state index is 0.221. The van der Waals surface area contributed by atoms with E-state index in [0.29, 0.717) is 6.54 Å². The van der Waals surface area contributed by atoms with Gasteiger partial charge in [0.15, 0.2) is 0 Å². The van der Waals surface area contributed by atoms with Crippen molar-refractivity contribution in [2.24, 2.45) is 5.92 Å². The van der Waals surface area contributed by atoms with Crippen LogP contribution < -0.4 is 15.7 Å². The highest BCUT2D eigenvalue weighted by molar-refractivity contribution is 5.81. The van der Waals surface area contributed by atoms with Crippen LogP contribution >= 0.6 is 0 Å². The van der Waals surface area contributed by atoms with Crippen LogP contribution in [0.2, 0.25) is 0 Å². The topological polar surface area (TPSA) is 99.1 Å². The van der Waals surface area contributed by atoms with Gasteiger partial charge in [-0.05, 0) is 12.3 Å². The number of carbonyl (C=O) groups is 2. The molecule has 7 nitrogen and oxygen atoms in total. The van der Waals surface area contributed by atoms with Crippen LogP contribution in [0.5, 0.6) is 0 Å². The van der Waals surface area contributed by atoms with E-state index in [4.69, 9.17) is 0 Å². The molecule has 0 saturated heterocycles. The Balaban J connectivity index is 2.21. The molecule has 0 unspecified atom stereocenters. The normalized spacial score (nSPS) is 12.2. The SMILES string of the molecule is CC(C)[C@H](NC(=O)NCCCn1ccnc1)C(=O)[O-]. The van der Waals surface area contributed by atoms with E-state index >= 15 is 0 Å². The zero-order valence-corrected chi connectivity index (χ0v) is 11.1. The first-order chi connectivity index (χ1) is 9.00. The van der Waals surface area contributed by atoms with Gasteiger partial charge in [-0.25, -0.2) is 9.78 Å². The van der Waals surface area contributed by atoms with Crippen LogP contribution in [0.15, 0.2) is 18.7 Å². The van der Waals surface area contributed by atoms with Crippen molar-refractivity contribution in [3.63, 3.8) is 0 Å². The van der Waals surface area contributed by atoms with Gasteiger partial charge in [-0.15, -0.1) is 0 Å². The Labute approximate surface area is 112 Å². The van der Waals surface area contributed by atoms with Crippen LogP contribution in [0.3, 0.4) is 0 Å². The summed E-state index contributed by atoms with van der Waals surface area (Å²) in [4.78, 5) is 26.2. The molecule has 1 atom stereocenters. The lowest BCUT2D eigenvalue weighted by molar-refractivity contribution is -0.309. The van der Waals surface area contributed by atoms with E-state index < -0.39 is 18.0 Å². The van der Waals surface area contributed by atoms with E-state index in [1.807, 2.05) is 10.8 Å². The van der Waals surface area contributed by atoms with Gasteiger partial charge in [-0.2, -0.15) is 0 Å². The second-order valence-electron chi connectivity index (χ2n) is 4.60. The molecule has 0 fully saturated rings. The number of aryl methyl sites for hydroxylation is 1. The fourth-order valence-corrected chi connectivity index (χ4v) is 1.57. The number of imidazole rings is 1. The molecule has 1 aromatic rings. The molecule has 106 valence electrons. The van der Waals surface area contributed by atoms with Crippen molar-refractivity contribution < 1.29 is 14.7 Å². The highest BCUT2D eigenvalue weighted by Gasteiger charge is 2.16. The molecule has 2 N–H and O–H groups in total. The first kappa shape index (κ1) is 15.0. The summed E-state index contributed by atoms with van der Waals surface area (Å²) in [5.74, 6) is -1.50. The molecule has 0 saturated carbocycles. The van der Waals surface area contributed by atoms with Crippen molar-refractivity contribution in [3.05, 3.63) is 18.7 Å². The number of amides is 2. The van der Waals surface area contributed by atoms with E-state index in [2.05, 4.69) is 15.6 Å². The van der Waals surface area contributed by atoms with Gasteiger partial charge in [0.25, 0.3) is 0 Å². The van der Waals surface area contributed by atoms with E-state index in [1.54, 1.807) is 26.4 Å². The second-order valence-corrected chi connectivity index (χ2v) is 4.60. The van der Waals surface area contributed by atoms with E-state index in [9.17, 15) is 14.7 Å². The first-order valence-corrected chi connectivity index (χ1v) is 6.21. The predicted octanol–water partition coefficient (Wildman–Crippen LogP) is -0.653. The van der Waals surface area contributed by atoms with Gasteiger partial charge in [0.05, 0.1) is 18.3 Å². The molecule has 0 aliphatic carbocycles. The van der Waals surface area contributed by atoms with Gasteiger partial charge in [-0.1, -0.05) is 13.8 Å². The summed E-state index contributed by atoms with van der Waals surface area (Å²) in [6.45, 7) is 4.62. The third-order valence-corrected chi connectivity index (χ3v) is 2.65. The number of hydrogen-bond acceptors (Lipinski definition) is 4. The van der Waals surface area contributed by atoms with Gasteiger partial charge < -0.3 is 25.1 Å². The van der Waals surface area contributed by atoms with E-state index in [-0.39, 0.29) is 5.92 Å². The minimum atomic E-state index is -1.27. The fraction of sp³-hybridized carbons (Fsp3) is 0.583. The number of carboxylic acids is 1. The molecule has 1 rings (SSSR count). The largest absolute Gasteiger partial charge is 0.548 e. The van der Waals surface area contributed by atoms with Crippen LogP contribution in [-0.2, 0) is 11.3 Å². The van der Waals surface area contributed by atoms with Crippen molar-refractivity contribution in [3.8, 4) is 0 Å². The lowest BCUT2D eigenvalue weighted by Crippen LogP contribution is -2.53. The molecular formula is C12H19N4O3-. The molecule has 19 heavy (non-hydrogen) atoms. The van der Waals surface area contributed by atoms with Gasteiger partial charge in [0, 0.05) is 25.5 Å². The third kappa shape index (κ3) is 5.41. The number of aromatic nitrogens is 2. The van der Waals surface area contributed by atoms with Crippen molar-refractivity contribution >= 4 is 12.0 Å². The van der Waals surface area contributed by atoms with Crippen LogP contribution in [0.4, 0.5) is 4.79 Å². The number of hydrogen-bond donors (Lipinski definition) is 2. The Hall–Kier alpha value is -2.05. The maximum Gasteiger partial charge on any atom is 0.315 e. The van der Waals surface area contributed by atoms with E-state index in [1.165, 1.54) is 0 Å². The number of rotatable bonds is 7. The summed E-state index contributed by atoms with van der Waals surface area (Å²) in [5.41, 5.74) is 0. The quantitative estimate of drug-likeness (QED) is 0.641. The first-order valence-electron chi connectivity index (χ1n) is 6.21. The molecule has 1 aromatic heterocycles. The van der Waals surface area contributed by atoms with Gasteiger partial charge in [-0.3, -0.25) is 0 Å². The van der Waals surface area contributed by atoms with Gasteiger partial charge in [0.2, 0.25) is 0 Å². The molecule has 2 amide bonds. The molecule has 0 spiro atoms. The summed E-state index contributed by atoms with van der Waals surface area (Å²) >= 11 is 0. The smallest absolute Gasteiger partial charge is 0.315 e. The molecule has 0 aliphatic rings. The third-order valence-electron chi connectivity index (χ3n) is 2.65. The molecule has 0 bridgehead atoms. The number of urea groups is 1. The Kier molecular flexibility index (Phi) is 5.84. The highest BCUT2D eigenvalue weighted by atomic mass is 16.4. The minimum Gasteiger partial charge on any atom is -0.548 e. The highest BCUT2D eigenvalue weighted by Crippen LogP contribution is 1.99. The van der Waals surface area contributed by atoms with Crippen molar-refractivity contribution in [2.75, 3.05) is 6.54 Å². The van der Waals surface area contributed by atoms with Crippen LogP contribution in [0.1, 0.15) is 20.3 Å². The van der Waals surface area contributed by atoms with Crippen molar-refractivity contribution in [2.45, 2.75) is 32.9 Å². The number of nitrogens with one attached hydrogen (secondary N) is 2. The number of carbonyl (C=O) groups excluding carboxylic acids is 2. The fourth-order valence-electron chi connectivity index (χ4n) is 1.57. The zero-order chi connectivity index (χ0) is 14.3. The Morgan fingerprint density at radius 2 is 2.16 bits per heavy atom. The number of aliphatic carboxylic acids is 1. The van der Waals surface area contributed by atoms with Gasteiger partial charge in [0.1, 0.15) is 0 Å². The average Bonchev–Trinajstić information content (AvgIpc) is 2.84. The summed E-state index contributed by atoms with van der Waals surface area (Å²) in [7, 11) is 0. The Morgan fingerprint density at radius 1 is 1.42 bits per heavy atom. The predicted molar refractivity (Wildman–Crippen MR) is 67.0 cm³/mol. The average molecular weight is 267 g/mol. The van der Waals surface area contributed by atoms with Crippen molar-refractivity contribution in [1.29, 1.82) is 0 Å². The molecule has 0 aromatic carbocycles. The molecule has 0 radical (unpaired) electrons. The lowest BCUT2D eigenvalue weighted by Gasteiger charge is -2.23. The zero-order valence-electron chi connectivity index (χ0n) is 11.1. The monoisotopic (exact) mass is 267 g/mol. The maximum atomic E-state index is 11.5. The molecule has 1 heterocycles. The summed E-state index contributed by atoms with van der Waals surface area (Å²) < 4.78 is 1.90. The lowest BCUT2D eigenvalue weighted by atomic mass is 10.1. The standard InChI is InChI=1S/C12H20N4O3/c1-9(2)10(11(17)18)15-12(19)14-4-3-6-16-7-5-13-8-16/h5,7-10H,3-4,6H2,1-2H3,(H,17,18)(H2,14,15,19)/p-1/t10-/m0/s1. The summed E-state index contributed by atoms with van der Waals surface area (Å²) in [5, 5.41) is 15.8. The van der Waals surface area contributed by atoms with Crippen LogP contribution in [0, 0.1) is 5.92 Å². The number of nitrogens with zero attached hydrogens (tertiary/aromatic N) is 2.